The Labute approximate surface area is 177 Å². The van der Waals surface area contributed by atoms with E-state index in [2.05, 4.69) is 48.7 Å². The number of carbonyl (C=O) groups is 2. The molecule has 2 aromatic rings. The number of nitrogens with zero attached hydrogens (tertiary/aromatic N) is 2. The van der Waals surface area contributed by atoms with Crippen LogP contribution in [0, 0.1) is 17.3 Å². The second-order valence-corrected chi connectivity index (χ2v) is 9.92. The minimum atomic E-state index is -0.553. The molecule has 5 heteroatoms. The van der Waals surface area contributed by atoms with Crippen molar-refractivity contribution >= 4 is 23.2 Å². The molecule has 2 fully saturated rings. The SMILES string of the molecule is C[C@@H]1C[C@@H]1C(=O)N1CCC[C@](Cc2ccccc2-c2cccs2)(C(=O)N(C)C)C1. The topological polar surface area (TPSA) is 40.6 Å². The average molecular weight is 411 g/mol. The van der Waals surface area contributed by atoms with Gasteiger partial charge in [-0.25, -0.2) is 0 Å². The van der Waals surface area contributed by atoms with Crippen molar-refractivity contribution in [3.05, 3.63) is 47.3 Å². The summed E-state index contributed by atoms with van der Waals surface area (Å²) in [5.41, 5.74) is 1.84. The van der Waals surface area contributed by atoms with Gasteiger partial charge in [-0.2, -0.15) is 0 Å². The fourth-order valence-corrected chi connectivity index (χ4v) is 5.59. The van der Waals surface area contributed by atoms with E-state index in [-0.39, 0.29) is 17.7 Å². The predicted molar refractivity (Wildman–Crippen MR) is 118 cm³/mol. The van der Waals surface area contributed by atoms with Gasteiger partial charge in [-0.05, 0) is 54.2 Å². The Morgan fingerprint density at radius 2 is 1.97 bits per heavy atom. The van der Waals surface area contributed by atoms with Crippen molar-refractivity contribution in [1.82, 2.24) is 9.80 Å². The van der Waals surface area contributed by atoms with E-state index < -0.39 is 5.41 Å². The third-order valence-electron chi connectivity index (χ3n) is 6.51. The van der Waals surface area contributed by atoms with Gasteiger partial charge in [0.2, 0.25) is 11.8 Å². The van der Waals surface area contributed by atoms with Crippen LogP contribution in [0.15, 0.2) is 41.8 Å². The normalized spacial score (nSPS) is 26.2. The average Bonchev–Trinajstić information content (AvgIpc) is 3.21. The lowest BCUT2D eigenvalue weighted by Crippen LogP contribution is -2.54. The maximum Gasteiger partial charge on any atom is 0.230 e. The molecule has 0 radical (unpaired) electrons. The van der Waals surface area contributed by atoms with Gasteiger partial charge >= 0.3 is 0 Å². The fourth-order valence-electron chi connectivity index (χ4n) is 4.80. The Kier molecular flexibility index (Phi) is 5.52. The van der Waals surface area contributed by atoms with E-state index in [1.165, 1.54) is 16.0 Å². The molecule has 4 rings (SSSR count). The standard InChI is InChI=1S/C24H30N2O2S/c1-17-14-20(17)22(27)26-12-7-11-24(16-26,23(28)25(2)3)15-18-8-4-5-9-19(18)21-10-6-13-29-21/h4-6,8-10,13,17,20H,7,11-12,14-16H2,1-3H3/t17-,20+,24-/m1/s1. The number of hydrogen-bond acceptors (Lipinski definition) is 3. The first kappa shape index (κ1) is 20.1. The van der Waals surface area contributed by atoms with Gasteiger partial charge in [0.15, 0.2) is 0 Å². The van der Waals surface area contributed by atoms with Crippen molar-refractivity contribution in [3.63, 3.8) is 0 Å². The summed E-state index contributed by atoms with van der Waals surface area (Å²) in [4.78, 5) is 31.3. The number of likely N-dealkylation sites (tertiary alicyclic amines) is 1. The number of thiophene rings is 1. The van der Waals surface area contributed by atoms with Gasteiger partial charge in [0, 0.05) is 38.0 Å². The van der Waals surface area contributed by atoms with Gasteiger partial charge < -0.3 is 9.80 Å². The van der Waals surface area contributed by atoms with Crippen molar-refractivity contribution in [2.45, 2.75) is 32.6 Å². The molecule has 4 nitrogen and oxygen atoms in total. The van der Waals surface area contributed by atoms with E-state index in [1.807, 2.05) is 19.0 Å². The van der Waals surface area contributed by atoms with Crippen LogP contribution in [0.4, 0.5) is 0 Å². The first-order chi connectivity index (χ1) is 13.9. The zero-order valence-electron chi connectivity index (χ0n) is 17.6. The molecular weight excluding hydrogens is 380 g/mol. The molecule has 1 aliphatic carbocycles. The molecule has 0 N–H and O–H groups in total. The van der Waals surface area contributed by atoms with Gasteiger partial charge in [0.05, 0.1) is 5.41 Å². The van der Waals surface area contributed by atoms with Crippen LogP contribution in [-0.4, -0.2) is 48.8 Å². The third kappa shape index (κ3) is 3.97. The highest BCUT2D eigenvalue weighted by Gasteiger charge is 2.48. The summed E-state index contributed by atoms with van der Waals surface area (Å²) < 4.78 is 0. The molecule has 1 saturated heterocycles. The quantitative estimate of drug-likeness (QED) is 0.737. The number of amides is 2. The van der Waals surface area contributed by atoms with Crippen molar-refractivity contribution in [1.29, 1.82) is 0 Å². The highest BCUT2D eigenvalue weighted by atomic mass is 32.1. The van der Waals surface area contributed by atoms with Crippen LogP contribution in [0.3, 0.4) is 0 Å². The second kappa shape index (κ2) is 7.94. The minimum absolute atomic E-state index is 0.139. The summed E-state index contributed by atoms with van der Waals surface area (Å²) in [5, 5.41) is 2.09. The molecule has 0 bridgehead atoms. The first-order valence-corrected chi connectivity index (χ1v) is 11.4. The van der Waals surface area contributed by atoms with Gasteiger partial charge in [0.1, 0.15) is 0 Å². The number of hydrogen-bond donors (Lipinski definition) is 0. The fraction of sp³-hybridized carbons (Fsp3) is 0.500. The molecule has 2 heterocycles. The van der Waals surface area contributed by atoms with Gasteiger partial charge in [-0.1, -0.05) is 37.3 Å². The predicted octanol–water partition coefficient (Wildman–Crippen LogP) is 4.31. The Hall–Kier alpha value is -2.14. The highest BCUT2D eigenvalue weighted by molar-refractivity contribution is 7.13. The molecule has 0 spiro atoms. The summed E-state index contributed by atoms with van der Waals surface area (Å²) in [6.45, 7) is 3.45. The Morgan fingerprint density at radius 3 is 2.62 bits per heavy atom. The van der Waals surface area contributed by atoms with Crippen LogP contribution in [0.2, 0.25) is 0 Å². The molecule has 1 aromatic carbocycles. The minimum Gasteiger partial charge on any atom is -0.348 e. The zero-order valence-corrected chi connectivity index (χ0v) is 18.4. The van der Waals surface area contributed by atoms with Crippen molar-refractivity contribution in [2.24, 2.45) is 17.3 Å². The molecule has 154 valence electrons. The Morgan fingerprint density at radius 1 is 1.21 bits per heavy atom. The molecule has 3 atom stereocenters. The first-order valence-electron chi connectivity index (χ1n) is 10.5. The molecule has 0 unspecified atom stereocenters. The van der Waals surface area contributed by atoms with Gasteiger partial charge in [-0.15, -0.1) is 11.3 Å². The molecule has 2 aliphatic rings. The monoisotopic (exact) mass is 410 g/mol. The number of piperidine rings is 1. The number of rotatable bonds is 5. The van der Waals surface area contributed by atoms with Crippen LogP contribution >= 0.6 is 11.3 Å². The molecule has 1 saturated carbocycles. The zero-order chi connectivity index (χ0) is 20.6. The maximum atomic E-state index is 13.4. The van der Waals surface area contributed by atoms with Crippen LogP contribution in [-0.2, 0) is 16.0 Å². The second-order valence-electron chi connectivity index (χ2n) is 8.97. The lowest BCUT2D eigenvalue weighted by molar-refractivity contribution is -0.147. The largest absolute Gasteiger partial charge is 0.348 e. The van der Waals surface area contributed by atoms with E-state index >= 15 is 0 Å². The maximum absolute atomic E-state index is 13.4. The summed E-state index contributed by atoms with van der Waals surface area (Å²) in [6, 6.07) is 12.6. The highest BCUT2D eigenvalue weighted by Crippen LogP contribution is 2.43. The summed E-state index contributed by atoms with van der Waals surface area (Å²) >= 11 is 1.72. The summed E-state index contributed by atoms with van der Waals surface area (Å²) in [6.07, 6.45) is 3.37. The van der Waals surface area contributed by atoms with Crippen molar-refractivity contribution < 1.29 is 9.59 Å². The van der Waals surface area contributed by atoms with Crippen LogP contribution < -0.4 is 0 Å². The molecular formula is C24H30N2O2S. The molecule has 1 aliphatic heterocycles. The molecule has 29 heavy (non-hydrogen) atoms. The van der Waals surface area contributed by atoms with Crippen LogP contribution in [0.5, 0.6) is 0 Å². The van der Waals surface area contributed by atoms with Crippen molar-refractivity contribution in [2.75, 3.05) is 27.2 Å². The van der Waals surface area contributed by atoms with Crippen LogP contribution in [0.25, 0.3) is 10.4 Å². The van der Waals surface area contributed by atoms with E-state index in [0.29, 0.717) is 18.9 Å². The molecule has 2 amide bonds. The third-order valence-corrected chi connectivity index (χ3v) is 7.41. The van der Waals surface area contributed by atoms with Crippen molar-refractivity contribution in [3.8, 4) is 10.4 Å². The smallest absolute Gasteiger partial charge is 0.230 e. The Bertz CT molecular complexity index is 892. The van der Waals surface area contributed by atoms with Crippen LogP contribution in [0.1, 0.15) is 31.7 Å². The summed E-state index contributed by atoms with van der Waals surface area (Å²) in [5.74, 6) is 1.04. The lowest BCUT2D eigenvalue weighted by Gasteiger charge is -2.43. The van der Waals surface area contributed by atoms with E-state index in [0.717, 1.165) is 25.8 Å². The number of carbonyl (C=O) groups excluding carboxylic acids is 2. The molecule has 1 aromatic heterocycles. The van der Waals surface area contributed by atoms with E-state index in [4.69, 9.17) is 0 Å². The van der Waals surface area contributed by atoms with E-state index in [9.17, 15) is 9.59 Å². The Balaban J connectivity index is 1.66. The number of benzene rings is 1. The van der Waals surface area contributed by atoms with E-state index in [1.54, 1.807) is 16.2 Å². The van der Waals surface area contributed by atoms with Gasteiger partial charge in [-0.3, -0.25) is 9.59 Å². The lowest BCUT2D eigenvalue weighted by atomic mass is 9.73. The summed E-state index contributed by atoms with van der Waals surface area (Å²) in [7, 11) is 3.66. The van der Waals surface area contributed by atoms with Gasteiger partial charge in [0.25, 0.3) is 0 Å².